The van der Waals surface area contributed by atoms with Crippen LogP contribution in [0.1, 0.15) is 38.5 Å². The van der Waals surface area contributed by atoms with Gasteiger partial charge in [0.25, 0.3) is 0 Å². The number of amides is 2. The van der Waals surface area contributed by atoms with Crippen LogP contribution in [0.25, 0.3) is 0 Å². The highest BCUT2D eigenvalue weighted by Crippen LogP contribution is 2.22. The van der Waals surface area contributed by atoms with Gasteiger partial charge in [0.2, 0.25) is 11.8 Å². The highest BCUT2D eigenvalue weighted by atomic mass is 32.1. The van der Waals surface area contributed by atoms with E-state index in [0.29, 0.717) is 25.3 Å². The van der Waals surface area contributed by atoms with Crippen LogP contribution in [0.2, 0.25) is 0 Å². The molecule has 1 fully saturated rings. The van der Waals surface area contributed by atoms with Crippen molar-refractivity contribution in [2.75, 3.05) is 0 Å². The number of carbonyl (C=O) groups is 2. The number of thiazole rings is 1. The van der Waals surface area contributed by atoms with E-state index >= 15 is 0 Å². The summed E-state index contributed by atoms with van der Waals surface area (Å²) in [6.07, 6.45) is 3.07. The molecule has 2 rings (SSSR count). The largest absolute Gasteiger partial charge is 0.343 e. The normalized spacial score (nSPS) is 23.3. The zero-order chi connectivity index (χ0) is 14.7. The van der Waals surface area contributed by atoms with Crippen molar-refractivity contribution in [3.8, 4) is 0 Å². The molecule has 1 aliphatic rings. The van der Waals surface area contributed by atoms with Crippen LogP contribution in [0.5, 0.6) is 0 Å². The summed E-state index contributed by atoms with van der Waals surface area (Å²) in [4.78, 5) is 31.6. The molecule has 0 aromatic carbocycles. The first kappa shape index (κ1) is 15.0. The molecular weight excluding hydrogens is 274 g/mol. The van der Waals surface area contributed by atoms with Gasteiger partial charge in [0.1, 0.15) is 12.1 Å². The van der Waals surface area contributed by atoms with Crippen LogP contribution in [0.4, 0.5) is 0 Å². The lowest BCUT2D eigenvalue weighted by molar-refractivity contribution is -0.150. The molecule has 2 atom stereocenters. The van der Waals surface area contributed by atoms with Gasteiger partial charge in [-0.1, -0.05) is 20.8 Å². The maximum absolute atomic E-state index is 12.5. The monoisotopic (exact) mass is 295 g/mol. The van der Waals surface area contributed by atoms with Gasteiger partial charge in [0.05, 0.1) is 12.1 Å². The van der Waals surface area contributed by atoms with E-state index in [1.807, 2.05) is 6.92 Å². The lowest BCUT2D eigenvalue weighted by Gasteiger charge is -2.39. The number of carbonyl (C=O) groups excluding carboxylic acids is 2. The molecule has 6 heteroatoms. The Morgan fingerprint density at radius 1 is 1.45 bits per heavy atom. The number of nitrogens with zero attached hydrogens (tertiary/aromatic N) is 2. The van der Waals surface area contributed by atoms with E-state index in [9.17, 15) is 9.59 Å². The van der Waals surface area contributed by atoms with E-state index in [1.54, 1.807) is 16.6 Å². The minimum atomic E-state index is -0.390. The summed E-state index contributed by atoms with van der Waals surface area (Å²) in [5.74, 6) is 0.349. The van der Waals surface area contributed by atoms with E-state index in [-0.39, 0.29) is 23.9 Å². The first-order valence-electron chi connectivity index (χ1n) is 7.01. The Morgan fingerprint density at radius 2 is 2.20 bits per heavy atom. The number of rotatable bonds is 5. The van der Waals surface area contributed by atoms with E-state index < -0.39 is 0 Å². The summed E-state index contributed by atoms with van der Waals surface area (Å²) in [6.45, 7) is 6.52. The number of piperazine rings is 1. The minimum absolute atomic E-state index is 0.0196. The lowest BCUT2D eigenvalue weighted by Crippen LogP contribution is -2.62. The van der Waals surface area contributed by atoms with E-state index in [0.717, 1.165) is 4.88 Å². The van der Waals surface area contributed by atoms with Gasteiger partial charge < -0.3 is 10.2 Å². The van der Waals surface area contributed by atoms with Gasteiger partial charge in [-0.05, 0) is 18.8 Å². The second-order valence-electron chi connectivity index (χ2n) is 5.55. The molecule has 0 bridgehead atoms. The van der Waals surface area contributed by atoms with Crippen molar-refractivity contribution in [3.63, 3.8) is 0 Å². The molecule has 1 N–H and O–H groups in total. The molecule has 1 aliphatic heterocycles. The van der Waals surface area contributed by atoms with Gasteiger partial charge in [-0.3, -0.25) is 14.6 Å². The maximum Gasteiger partial charge on any atom is 0.246 e. The van der Waals surface area contributed by atoms with Crippen molar-refractivity contribution in [1.82, 2.24) is 15.2 Å². The van der Waals surface area contributed by atoms with E-state index in [2.05, 4.69) is 24.1 Å². The van der Waals surface area contributed by atoms with Gasteiger partial charge >= 0.3 is 0 Å². The highest BCUT2D eigenvalue weighted by Gasteiger charge is 2.39. The van der Waals surface area contributed by atoms with Crippen molar-refractivity contribution in [1.29, 1.82) is 0 Å². The fourth-order valence-electron chi connectivity index (χ4n) is 2.46. The van der Waals surface area contributed by atoms with Gasteiger partial charge in [-0.15, -0.1) is 11.3 Å². The Bertz CT molecular complexity index is 473. The van der Waals surface area contributed by atoms with Gasteiger partial charge in [0, 0.05) is 11.1 Å². The molecular formula is C14H21N3O2S. The van der Waals surface area contributed by atoms with Crippen LogP contribution in [-0.2, 0) is 16.1 Å². The third-order valence-electron chi connectivity index (χ3n) is 3.49. The molecule has 1 saturated heterocycles. The summed E-state index contributed by atoms with van der Waals surface area (Å²) in [5, 5.41) is 2.84. The van der Waals surface area contributed by atoms with Crippen LogP contribution in [0.3, 0.4) is 0 Å². The fourth-order valence-corrected chi connectivity index (χ4v) is 3.05. The van der Waals surface area contributed by atoms with Gasteiger partial charge in [-0.2, -0.15) is 0 Å². The predicted molar refractivity (Wildman–Crippen MR) is 78.1 cm³/mol. The highest BCUT2D eigenvalue weighted by molar-refractivity contribution is 7.09. The average Bonchev–Trinajstić information content (AvgIpc) is 2.90. The SMILES string of the molecule is CCC1NC(=O)C(CC(C)C)N(Cc2cncs2)C1=O. The molecule has 0 spiro atoms. The number of hydrogen-bond donors (Lipinski definition) is 1. The van der Waals surface area contributed by atoms with Crippen molar-refractivity contribution < 1.29 is 9.59 Å². The van der Waals surface area contributed by atoms with Gasteiger partial charge in [-0.25, -0.2) is 0 Å². The molecule has 5 nitrogen and oxygen atoms in total. The summed E-state index contributed by atoms with van der Waals surface area (Å²) >= 11 is 1.51. The smallest absolute Gasteiger partial charge is 0.246 e. The third kappa shape index (κ3) is 3.17. The first-order valence-corrected chi connectivity index (χ1v) is 7.89. The lowest BCUT2D eigenvalue weighted by atomic mass is 9.97. The minimum Gasteiger partial charge on any atom is -0.343 e. The maximum atomic E-state index is 12.5. The Morgan fingerprint density at radius 3 is 2.75 bits per heavy atom. The Hall–Kier alpha value is -1.43. The molecule has 20 heavy (non-hydrogen) atoms. The van der Waals surface area contributed by atoms with Crippen molar-refractivity contribution in [3.05, 3.63) is 16.6 Å². The third-order valence-corrected chi connectivity index (χ3v) is 4.25. The number of nitrogens with one attached hydrogen (secondary N) is 1. The Kier molecular flexibility index (Phi) is 4.75. The molecule has 2 heterocycles. The molecule has 2 unspecified atom stereocenters. The van der Waals surface area contributed by atoms with Crippen LogP contribution in [-0.4, -0.2) is 33.8 Å². The Balaban J connectivity index is 2.22. The second-order valence-corrected chi connectivity index (χ2v) is 6.52. The molecule has 0 saturated carbocycles. The van der Waals surface area contributed by atoms with Crippen LogP contribution in [0, 0.1) is 5.92 Å². The number of aromatic nitrogens is 1. The molecule has 0 aliphatic carbocycles. The molecule has 1 aromatic heterocycles. The topological polar surface area (TPSA) is 62.3 Å². The molecule has 0 radical (unpaired) electrons. The van der Waals surface area contributed by atoms with Crippen LogP contribution >= 0.6 is 11.3 Å². The average molecular weight is 295 g/mol. The second kappa shape index (κ2) is 6.35. The van der Waals surface area contributed by atoms with Crippen LogP contribution < -0.4 is 5.32 Å². The standard InChI is InChI=1S/C14H21N3O2S/c1-4-11-14(19)17(7-10-6-15-8-20-10)12(5-9(2)3)13(18)16-11/h6,8-9,11-12H,4-5,7H2,1-3H3,(H,16,18). The van der Waals surface area contributed by atoms with Crippen molar-refractivity contribution in [2.24, 2.45) is 5.92 Å². The van der Waals surface area contributed by atoms with E-state index in [1.165, 1.54) is 11.3 Å². The summed E-state index contributed by atoms with van der Waals surface area (Å²) in [7, 11) is 0. The fraction of sp³-hybridized carbons (Fsp3) is 0.643. The van der Waals surface area contributed by atoms with Gasteiger partial charge in [0.15, 0.2) is 0 Å². The van der Waals surface area contributed by atoms with Crippen molar-refractivity contribution >= 4 is 23.2 Å². The summed E-state index contributed by atoms with van der Waals surface area (Å²) < 4.78 is 0. The quantitative estimate of drug-likeness (QED) is 0.901. The zero-order valence-electron chi connectivity index (χ0n) is 12.1. The Labute approximate surface area is 123 Å². The first-order chi connectivity index (χ1) is 9.52. The summed E-state index contributed by atoms with van der Waals surface area (Å²) in [6, 6.07) is -0.758. The molecule has 1 aromatic rings. The molecule has 2 amide bonds. The summed E-state index contributed by atoms with van der Waals surface area (Å²) in [5.41, 5.74) is 1.75. The van der Waals surface area contributed by atoms with E-state index in [4.69, 9.17) is 0 Å². The van der Waals surface area contributed by atoms with Crippen molar-refractivity contribution in [2.45, 2.75) is 52.2 Å². The zero-order valence-corrected chi connectivity index (χ0v) is 12.9. The predicted octanol–water partition coefficient (Wildman–Crippen LogP) is 1.79. The molecule has 110 valence electrons. The van der Waals surface area contributed by atoms with Crippen LogP contribution in [0.15, 0.2) is 11.7 Å². The number of hydrogen-bond acceptors (Lipinski definition) is 4.